The molecule has 0 fully saturated rings. The van der Waals surface area contributed by atoms with Crippen molar-refractivity contribution in [3.63, 3.8) is 0 Å². The summed E-state index contributed by atoms with van der Waals surface area (Å²) in [5.41, 5.74) is 3.12. The highest BCUT2D eigenvalue weighted by molar-refractivity contribution is 5.27. The van der Waals surface area contributed by atoms with E-state index in [2.05, 4.69) is 41.4 Å². The Bertz CT molecular complexity index is 362. The molecular formula is C17H28N2. The lowest BCUT2D eigenvalue weighted by atomic mass is 10.0. The molecule has 0 aliphatic carbocycles. The van der Waals surface area contributed by atoms with Crippen LogP contribution in [0.3, 0.4) is 0 Å². The summed E-state index contributed by atoms with van der Waals surface area (Å²) >= 11 is 0. The van der Waals surface area contributed by atoms with Gasteiger partial charge in [-0.1, -0.05) is 37.6 Å². The zero-order chi connectivity index (χ0) is 13.3. The molecule has 0 saturated heterocycles. The van der Waals surface area contributed by atoms with Gasteiger partial charge in [-0.15, -0.1) is 0 Å². The van der Waals surface area contributed by atoms with Crippen LogP contribution in [-0.4, -0.2) is 31.1 Å². The summed E-state index contributed by atoms with van der Waals surface area (Å²) in [6, 6.07) is 8.96. The average molecular weight is 260 g/mol. The summed E-state index contributed by atoms with van der Waals surface area (Å²) in [5.74, 6) is 0. The molecule has 1 aromatic carbocycles. The normalized spacial score (nSPS) is 16.1. The summed E-state index contributed by atoms with van der Waals surface area (Å²) in [5, 5.41) is 3.40. The van der Waals surface area contributed by atoms with Crippen LogP contribution in [0.15, 0.2) is 24.3 Å². The van der Waals surface area contributed by atoms with E-state index < -0.39 is 0 Å². The van der Waals surface area contributed by atoms with Gasteiger partial charge in [0.2, 0.25) is 0 Å². The van der Waals surface area contributed by atoms with Crippen LogP contribution in [0.2, 0.25) is 0 Å². The molecule has 0 saturated carbocycles. The summed E-state index contributed by atoms with van der Waals surface area (Å²) < 4.78 is 0. The first-order chi connectivity index (χ1) is 9.40. The zero-order valence-corrected chi connectivity index (χ0v) is 12.3. The first-order valence-electron chi connectivity index (χ1n) is 7.90. The maximum Gasteiger partial charge on any atom is 0.0236 e. The number of aryl methyl sites for hydroxylation is 1. The Morgan fingerprint density at radius 1 is 1.11 bits per heavy atom. The van der Waals surface area contributed by atoms with E-state index in [-0.39, 0.29) is 0 Å². The fourth-order valence-corrected chi connectivity index (χ4v) is 2.90. The molecule has 2 heteroatoms. The molecule has 1 aliphatic heterocycles. The fourth-order valence-electron chi connectivity index (χ4n) is 2.90. The van der Waals surface area contributed by atoms with E-state index in [1.807, 2.05) is 0 Å². The Labute approximate surface area is 118 Å². The topological polar surface area (TPSA) is 15.3 Å². The van der Waals surface area contributed by atoms with Crippen LogP contribution < -0.4 is 5.32 Å². The highest BCUT2D eigenvalue weighted by Gasteiger charge is 2.12. The molecule has 0 bridgehead atoms. The van der Waals surface area contributed by atoms with Crippen molar-refractivity contribution in [1.82, 2.24) is 10.2 Å². The van der Waals surface area contributed by atoms with E-state index in [0.717, 1.165) is 13.1 Å². The molecule has 1 N–H and O–H groups in total. The number of hydrogen-bond acceptors (Lipinski definition) is 2. The van der Waals surface area contributed by atoms with Gasteiger partial charge in [0.05, 0.1) is 0 Å². The molecule has 1 aliphatic rings. The quantitative estimate of drug-likeness (QED) is 0.757. The highest BCUT2D eigenvalue weighted by Crippen LogP contribution is 2.18. The van der Waals surface area contributed by atoms with Crippen LogP contribution in [0, 0.1) is 0 Å². The monoisotopic (exact) mass is 260 g/mol. The van der Waals surface area contributed by atoms with Gasteiger partial charge in [0.1, 0.15) is 0 Å². The number of nitrogens with zero attached hydrogens (tertiary/aromatic N) is 1. The summed E-state index contributed by atoms with van der Waals surface area (Å²) in [6.45, 7) is 8.14. The van der Waals surface area contributed by atoms with Crippen molar-refractivity contribution in [2.24, 2.45) is 0 Å². The molecule has 0 spiro atoms. The van der Waals surface area contributed by atoms with Crippen molar-refractivity contribution in [3.05, 3.63) is 35.4 Å². The van der Waals surface area contributed by atoms with Gasteiger partial charge in [-0.25, -0.2) is 0 Å². The maximum absolute atomic E-state index is 3.40. The van der Waals surface area contributed by atoms with Gasteiger partial charge < -0.3 is 5.32 Å². The van der Waals surface area contributed by atoms with Crippen LogP contribution in [0.1, 0.15) is 43.7 Å². The predicted octanol–water partition coefficient (Wildman–Crippen LogP) is 3.21. The molecule has 2 rings (SSSR count). The van der Waals surface area contributed by atoms with Gasteiger partial charge >= 0.3 is 0 Å². The van der Waals surface area contributed by atoms with Gasteiger partial charge in [-0.3, -0.25) is 4.90 Å². The maximum atomic E-state index is 3.40. The van der Waals surface area contributed by atoms with E-state index in [9.17, 15) is 0 Å². The first-order valence-corrected chi connectivity index (χ1v) is 7.90. The van der Waals surface area contributed by atoms with Crippen molar-refractivity contribution in [1.29, 1.82) is 0 Å². The smallest absolute Gasteiger partial charge is 0.0236 e. The number of hydrogen-bond donors (Lipinski definition) is 1. The summed E-state index contributed by atoms with van der Waals surface area (Å²) in [6.07, 6.45) is 6.58. The number of unbranched alkanes of at least 4 members (excludes halogenated alkanes) is 2. The Hall–Kier alpha value is -0.860. The van der Waals surface area contributed by atoms with E-state index in [1.165, 1.54) is 51.7 Å². The molecule has 2 nitrogen and oxygen atoms in total. The van der Waals surface area contributed by atoms with E-state index in [1.54, 1.807) is 11.1 Å². The minimum absolute atomic E-state index is 1.10. The van der Waals surface area contributed by atoms with Crippen molar-refractivity contribution in [2.45, 2.75) is 45.6 Å². The summed E-state index contributed by atoms with van der Waals surface area (Å²) in [7, 11) is 0. The second-order valence-electron chi connectivity index (χ2n) is 5.56. The molecule has 0 atom stereocenters. The Morgan fingerprint density at radius 2 is 1.95 bits per heavy atom. The minimum atomic E-state index is 1.10. The molecule has 1 aromatic rings. The third kappa shape index (κ3) is 4.96. The van der Waals surface area contributed by atoms with Gasteiger partial charge in [0.25, 0.3) is 0 Å². The lowest BCUT2D eigenvalue weighted by Crippen LogP contribution is -2.24. The van der Waals surface area contributed by atoms with Gasteiger partial charge in [-0.05, 0) is 63.0 Å². The Kier molecular flexibility index (Phi) is 6.38. The van der Waals surface area contributed by atoms with E-state index in [4.69, 9.17) is 0 Å². The molecule has 106 valence electrons. The van der Waals surface area contributed by atoms with Crippen LogP contribution in [0.5, 0.6) is 0 Å². The van der Waals surface area contributed by atoms with Gasteiger partial charge in [0, 0.05) is 6.54 Å². The summed E-state index contributed by atoms with van der Waals surface area (Å²) in [4.78, 5) is 2.64. The zero-order valence-electron chi connectivity index (χ0n) is 12.3. The molecule has 0 unspecified atom stereocenters. The highest BCUT2D eigenvalue weighted by atomic mass is 15.1. The Morgan fingerprint density at radius 3 is 2.79 bits per heavy atom. The molecule has 0 radical (unpaired) electrons. The van der Waals surface area contributed by atoms with Crippen molar-refractivity contribution in [3.8, 4) is 0 Å². The van der Waals surface area contributed by atoms with Gasteiger partial charge in [-0.2, -0.15) is 0 Å². The van der Waals surface area contributed by atoms with Gasteiger partial charge in [0.15, 0.2) is 0 Å². The molecule has 1 heterocycles. The SMILES string of the molecule is CCNCCCCCN1CCCc2ccccc2C1. The molecular weight excluding hydrogens is 232 g/mol. The fraction of sp³-hybridized carbons (Fsp3) is 0.647. The molecule has 19 heavy (non-hydrogen) atoms. The second kappa shape index (κ2) is 8.34. The number of benzene rings is 1. The average Bonchev–Trinajstić information content (AvgIpc) is 2.64. The van der Waals surface area contributed by atoms with Crippen LogP contribution in [0.25, 0.3) is 0 Å². The Balaban J connectivity index is 1.70. The minimum Gasteiger partial charge on any atom is -0.317 e. The second-order valence-corrected chi connectivity index (χ2v) is 5.56. The predicted molar refractivity (Wildman–Crippen MR) is 82.4 cm³/mol. The van der Waals surface area contributed by atoms with Crippen LogP contribution in [0.4, 0.5) is 0 Å². The largest absolute Gasteiger partial charge is 0.317 e. The lowest BCUT2D eigenvalue weighted by molar-refractivity contribution is 0.263. The van der Waals surface area contributed by atoms with E-state index >= 15 is 0 Å². The standard InChI is InChI=1S/C17H28N2/c1-2-18-12-6-3-7-13-19-14-8-11-16-9-4-5-10-17(16)15-19/h4-5,9-10,18H,2-3,6-8,11-15H2,1H3. The van der Waals surface area contributed by atoms with Crippen LogP contribution >= 0.6 is 0 Å². The van der Waals surface area contributed by atoms with E-state index in [0.29, 0.717) is 0 Å². The lowest BCUT2D eigenvalue weighted by Gasteiger charge is -2.20. The number of fused-ring (bicyclic) bond motifs is 1. The van der Waals surface area contributed by atoms with Crippen molar-refractivity contribution >= 4 is 0 Å². The van der Waals surface area contributed by atoms with Crippen molar-refractivity contribution in [2.75, 3.05) is 26.2 Å². The number of rotatable bonds is 7. The first kappa shape index (κ1) is 14.5. The molecule has 0 aromatic heterocycles. The molecule has 0 amide bonds. The van der Waals surface area contributed by atoms with Crippen molar-refractivity contribution < 1.29 is 0 Å². The van der Waals surface area contributed by atoms with Crippen LogP contribution in [-0.2, 0) is 13.0 Å². The third-order valence-corrected chi connectivity index (χ3v) is 4.01. The number of nitrogens with one attached hydrogen (secondary N) is 1. The third-order valence-electron chi connectivity index (χ3n) is 4.01.